The van der Waals surface area contributed by atoms with Crippen molar-refractivity contribution in [1.29, 1.82) is 0 Å². The Hall–Kier alpha value is -1.19. The van der Waals surface area contributed by atoms with E-state index in [1.54, 1.807) is 0 Å². The molecule has 0 radical (unpaired) electrons. The summed E-state index contributed by atoms with van der Waals surface area (Å²) in [5, 5.41) is 3.51. The van der Waals surface area contributed by atoms with E-state index in [-0.39, 0.29) is 0 Å². The lowest BCUT2D eigenvalue weighted by molar-refractivity contribution is 0.535. The summed E-state index contributed by atoms with van der Waals surface area (Å²) in [5.41, 5.74) is 4.24. The first-order valence-electron chi connectivity index (χ1n) is 6.21. The molecule has 1 aliphatic rings. The summed E-state index contributed by atoms with van der Waals surface area (Å²) in [5.74, 6) is 0.682. The fraction of sp³-hybridized carbons (Fsp3) is 0.267. The van der Waals surface area contributed by atoms with Crippen LogP contribution in [0.3, 0.4) is 0 Å². The van der Waals surface area contributed by atoms with Gasteiger partial charge < -0.3 is 5.32 Å². The van der Waals surface area contributed by atoms with E-state index >= 15 is 0 Å². The number of halogens is 1. The number of fused-ring (bicyclic) bond motifs is 1. The molecule has 0 saturated heterocycles. The van der Waals surface area contributed by atoms with E-state index in [9.17, 15) is 0 Å². The maximum Gasteiger partial charge on any atom is 0.0410 e. The molecule has 2 aromatic rings. The molecule has 1 N–H and O–H groups in total. The van der Waals surface area contributed by atoms with Gasteiger partial charge in [-0.3, -0.25) is 4.98 Å². The lowest BCUT2D eigenvalue weighted by atomic mass is 9.77. The molecule has 1 unspecified atom stereocenters. The molecule has 0 spiro atoms. The fourth-order valence-corrected chi connectivity index (χ4v) is 2.90. The van der Waals surface area contributed by atoms with E-state index in [1.807, 2.05) is 12.4 Å². The molecule has 18 heavy (non-hydrogen) atoms. The average molecular weight is 303 g/mol. The Labute approximate surface area is 116 Å². The zero-order valence-corrected chi connectivity index (χ0v) is 11.7. The quantitative estimate of drug-likeness (QED) is 0.937. The molecule has 1 aromatic heterocycles. The third-order valence-electron chi connectivity index (χ3n) is 3.44. The second kappa shape index (κ2) is 5.21. The van der Waals surface area contributed by atoms with Gasteiger partial charge in [-0.25, -0.2) is 0 Å². The minimum absolute atomic E-state index is 0.682. The highest BCUT2D eigenvalue weighted by molar-refractivity contribution is 9.10. The van der Waals surface area contributed by atoms with E-state index in [4.69, 9.17) is 0 Å². The van der Waals surface area contributed by atoms with Crippen LogP contribution in [0.4, 0.5) is 0 Å². The predicted molar refractivity (Wildman–Crippen MR) is 76.5 cm³/mol. The van der Waals surface area contributed by atoms with E-state index in [1.165, 1.54) is 23.1 Å². The van der Waals surface area contributed by atoms with Crippen LogP contribution in [0.5, 0.6) is 0 Å². The minimum Gasteiger partial charge on any atom is -0.312 e. The Kier molecular flexibility index (Phi) is 3.43. The molecule has 1 aliphatic carbocycles. The molecule has 92 valence electrons. The summed E-state index contributed by atoms with van der Waals surface area (Å²) in [7, 11) is 0. The molecule has 1 heterocycles. The van der Waals surface area contributed by atoms with Crippen LogP contribution in [0.1, 0.15) is 22.6 Å². The standard InChI is InChI=1S/C15H15BrN2/c16-14-5-11(8-18-10-14)7-17-9-13-6-12-3-1-2-4-15(12)13/h1-5,8,10,13,17H,6-7,9H2. The Morgan fingerprint density at radius 2 is 2.17 bits per heavy atom. The highest BCUT2D eigenvalue weighted by atomic mass is 79.9. The Morgan fingerprint density at radius 3 is 3.00 bits per heavy atom. The normalized spacial score (nSPS) is 17.1. The topological polar surface area (TPSA) is 24.9 Å². The number of rotatable bonds is 4. The predicted octanol–water partition coefficient (Wildman–Crippen LogP) is 3.27. The van der Waals surface area contributed by atoms with Crippen LogP contribution in [-0.2, 0) is 13.0 Å². The van der Waals surface area contributed by atoms with E-state index in [2.05, 4.69) is 56.6 Å². The van der Waals surface area contributed by atoms with Gasteiger partial charge in [0.05, 0.1) is 0 Å². The van der Waals surface area contributed by atoms with Crippen LogP contribution < -0.4 is 5.32 Å². The zero-order chi connectivity index (χ0) is 12.4. The van der Waals surface area contributed by atoms with Gasteiger partial charge in [-0.2, -0.15) is 0 Å². The first kappa shape index (κ1) is 11.9. The van der Waals surface area contributed by atoms with Crippen molar-refractivity contribution in [3.05, 3.63) is 63.9 Å². The van der Waals surface area contributed by atoms with Crippen molar-refractivity contribution in [2.75, 3.05) is 6.54 Å². The fourth-order valence-electron chi connectivity index (χ4n) is 2.49. The second-order valence-corrected chi connectivity index (χ2v) is 5.66. The Bertz CT molecular complexity index is 554. The number of nitrogens with one attached hydrogen (secondary N) is 1. The van der Waals surface area contributed by atoms with Gasteiger partial charge in [-0.05, 0) is 45.1 Å². The lowest BCUT2D eigenvalue weighted by Gasteiger charge is -2.30. The molecule has 3 rings (SSSR count). The number of hydrogen-bond donors (Lipinski definition) is 1. The molecule has 0 amide bonds. The average Bonchev–Trinajstić information content (AvgIpc) is 2.35. The van der Waals surface area contributed by atoms with Gasteiger partial charge in [0.1, 0.15) is 0 Å². The van der Waals surface area contributed by atoms with Crippen molar-refractivity contribution < 1.29 is 0 Å². The maximum atomic E-state index is 4.17. The van der Waals surface area contributed by atoms with Crippen LogP contribution in [0.25, 0.3) is 0 Å². The van der Waals surface area contributed by atoms with Gasteiger partial charge in [0.2, 0.25) is 0 Å². The van der Waals surface area contributed by atoms with Crippen LogP contribution in [0.2, 0.25) is 0 Å². The number of nitrogens with zero attached hydrogens (tertiary/aromatic N) is 1. The summed E-state index contributed by atoms with van der Waals surface area (Å²) in [6.07, 6.45) is 4.93. The molecule has 3 heteroatoms. The van der Waals surface area contributed by atoms with Crippen LogP contribution in [-0.4, -0.2) is 11.5 Å². The monoisotopic (exact) mass is 302 g/mol. The SMILES string of the molecule is Brc1cncc(CNCC2Cc3ccccc32)c1. The number of hydrogen-bond acceptors (Lipinski definition) is 2. The molecule has 1 atom stereocenters. The molecule has 2 nitrogen and oxygen atoms in total. The Balaban J connectivity index is 1.52. The van der Waals surface area contributed by atoms with E-state index < -0.39 is 0 Å². The first-order valence-corrected chi connectivity index (χ1v) is 7.00. The number of pyridine rings is 1. The summed E-state index contributed by atoms with van der Waals surface area (Å²) < 4.78 is 1.04. The molecular weight excluding hydrogens is 288 g/mol. The highest BCUT2D eigenvalue weighted by Gasteiger charge is 2.24. The van der Waals surface area contributed by atoms with Gasteiger partial charge in [0.25, 0.3) is 0 Å². The minimum atomic E-state index is 0.682. The summed E-state index contributed by atoms with van der Waals surface area (Å²) >= 11 is 3.44. The molecule has 1 aromatic carbocycles. The Morgan fingerprint density at radius 1 is 1.28 bits per heavy atom. The smallest absolute Gasteiger partial charge is 0.0410 e. The van der Waals surface area contributed by atoms with Gasteiger partial charge in [0.15, 0.2) is 0 Å². The summed E-state index contributed by atoms with van der Waals surface area (Å²) in [6, 6.07) is 10.8. The van der Waals surface area contributed by atoms with Crippen LogP contribution in [0.15, 0.2) is 47.2 Å². The van der Waals surface area contributed by atoms with Gasteiger partial charge >= 0.3 is 0 Å². The zero-order valence-electron chi connectivity index (χ0n) is 10.1. The van der Waals surface area contributed by atoms with Crippen molar-refractivity contribution in [2.45, 2.75) is 18.9 Å². The summed E-state index contributed by atoms with van der Waals surface area (Å²) in [6.45, 7) is 1.93. The molecule has 0 saturated carbocycles. The third kappa shape index (κ3) is 2.47. The van der Waals surface area contributed by atoms with Crippen molar-refractivity contribution in [3.8, 4) is 0 Å². The van der Waals surface area contributed by atoms with Crippen LogP contribution in [0, 0.1) is 0 Å². The maximum absolute atomic E-state index is 4.17. The van der Waals surface area contributed by atoms with Crippen molar-refractivity contribution in [1.82, 2.24) is 10.3 Å². The van der Waals surface area contributed by atoms with E-state index in [0.717, 1.165) is 17.6 Å². The lowest BCUT2D eigenvalue weighted by Crippen LogP contribution is -2.28. The van der Waals surface area contributed by atoms with Gasteiger partial charge in [-0.15, -0.1) is 0 Å². The third-order valence-corrected chi connectivity index (χ3v) is 3.88. The molecular formula is C15H15BrN2. The molecule has 0 fully saturated rings. The highest BCUT2D eigenvalue weighted by Crippen LogP contribution is 2.33. The van der Waals surface area contributed by atoms with Crippen molar-refractivity contribution in [2.24, 2.45) is 0 Å². The largest absolute Gasteiger partial charge is 0.312 e. The molecule has 0 aliphatic heterocycles. The summed E-state index contributed by atoms with van der Waals surface area (Å²) in [4.78, 5) is 4.17. The number of benzene rings is 1. The van der Waals surface area contributed by atoms with Gasteiger partial charge in [0, 0.05) is 35.9 Å². The molecule has 0 bridgehead atoms. The van der Waals surface area contributed by atoms with Gasteiger partial charge in [-0.1, -0.05) is 24.3 Å². The van der Waals surface area contributed by atoms with E-state index in [0.29, 0.717) is 5.92 Å². The second-order valence-electron chi connectivity index (χ2n) is 4.74. The van der Waals surface area contributed by atoms with Crippen molar-refractivity contribution >= 4 is 15.9 Å². The van der Waals surface area contributed by atoms with Crippen molar-refractivity contribution in [3.63, 3.8) is 0 Å². The number of aromatic nitrogens is 1. The first-order chi connectivity index (χ1) is 8.83. The van der Waals surface area contributed by atoms with Crippen LogP contribution >= 0.6 is 15.9 Å².